The number of carbonyl (C=O) groups is 2. The number of piperidine rings is 1. The van der Waals surface area contributed by atoms with Crippen LogP contribution in [-0.4, -0.2) is 49.7 Å². The van der Waals surface area contributed by atoms with Gasteiger partial charge in [-0.3, -0.25) is 9.59 Å². The van der Waals surface area contributed by atoms with Crippen LogP contribution in [0.3, 0.4) is 0 Å². The van der Waals surface area contributed by atoms with Gasteiger partial charge in [-0.15, -0.1) is 0 Å². The normalized spacial score (nSPS) is 22.2. The third-order valence-electron chi connectivity index (χ3n) is 5.35. The van der Waals surface area contributed by atoms with E-state index in [0.29, 0.717) is 51.5 Å². The van der Waals surface area contributed by atoms with Gasteiger partial charge in [0.1, 0.15) is 19.0 Å². The van der Waals surface area contributed by atoms with E-state index in [-0.39, 0.29) is 17.6 Å². The Morgan fingerprint density at radius 3 is 2.69 bits per heavy atom. The highest BCUT2D eigenvalue weighted by Gasteiger charge is 2.44. The molecule has 1 aromatic carbocycles. The second-order valence-electron chi connectivity index (χ2n) is 7.43. The molecule has 3 rings (SSSR count). The lowest BCUT2D eigenvalue weighted by atomic mass is 9.76. The molecule has 1 saturated heterocycles. The summed E-state index contributed by atoms with van der Waals surface area (Å²) in [5, 5.41) is 0. The molecule has 1 atom stereocenters. The third-order valence-corrected chi connectivity index (χ3v) is 5.35. The number of nitrogens with zero attached hydrogens (tertiary/aromatic N) is 1. The zero-order valence-electron chi connectivity index (χ0n) is 17.2. The van der Waals surface area contributed by atoms with Crippen molar-refractivity contribution in [1.29, 1.82) is 0 Å². The van der Waals surface area contributed by atoms with Crippen LogP contribution in [0.4, 0.5) is 0 Å². The fourth-order valence-corrected chi connectivity index (χ4v) is 3.85. The fourth-order valence-electron chi connectivity index (χ4n) is 3.85. The van der Waals surface area contributed by atoms with E-state index in [1.165, 1.54) is 0 Å². The van der Waals surface area contributed by atoms with Crippen LogP contribution in [0.1, 0.15) is 38.7 Å². The average molecular weight is 399 g/mol. The van der Waals surface area contributed by atoms with Crippen molar-refractivity contribution in [3.63, 3.8) is 0 Å². The first-order valence-electron chi connectivity index (χ1n) is 10.2. The molecule has 6 heteroatoms. The Morgan fingerprint density at radius 2 is 1.97 bits per heavy atom. The zero-order valence-corrected chi connectivity index (χ0v) is 17.2. The lowest BCUT2D eigenvalue weighted by molar-refractivity contribution is -0.160. The SMILES string of the molecule is CCOC(=O)C1(CC=Cc2ccccc2)CCCN(C(=O)C2=C(C)OCCO2)C1. The Morgan fingerprint density at radius 1 is 1.21 bits per heavy atom. The number of amides is 1. The van der Waals surface area contributed by atoms with Crippen molar-refractivity contribution in [3.8, 4) is 0 Å². The molecule has 0 aromatic heterocycles. The molecule has 156 valence electrons. The van der Waals surface area contributed by atoms with Crippen LogP contribution in [-0.2, 0) is 23.8 Å². The Hall–Kier alpha value is -2.76. The van der Waals surface area contributed by atoms with Crippen LogP contribution >= 0.6 is 0 Å². The summed E-state index contributed by atoms with van der Waals surface area (Å²) in [5.74, 6) is 0.276. The van der Waals surface area contributed by atoms with Gasteiger partial charge in [0, 0.05) is 13.1 Å². The molecular formula is C23H29NO5. The number of carbonyl (C=O) groups excluding carboxylic acids is 2. The van der Waals surface area contributed by atoms with Gasteiger partial charge in [0.2, 0.25) is 5.76 Å². The predicted octanol–water partition coefficient (Wildman–Crippen LogP) is 3.54. The number of benzene rings is 1. The van der Waals surface area contributed by atoms with Crippen molar-refractivity contribution in [3.05, 3.63) is 53.5 Å². The maximum atomic E-state index is 13.0. The molecule has 0 bridgehead atoms. The first kappa shape index (κ1) is 21.0. The van der Waals surface area contributed by atoms with Gasteiger partial charge in [-0.05, 0) is 38.7 Å². The summed E-state index contributed by atoms with van der Waals surface area (Å²) in [6.07, 6.45) is 5.94. The molecule has 1 unspecified atom stereocenters. The molecule has 2 aliphatic rings. The van der Waals surface area contributed by atoms with Gasteiger partial charge in [-0.2, -0.15) is 0 Å². The van der Waals surface area contributed by atoms with E-state index in [2.05, 4.69) is 0 Å². The molecule has 0 aliphatic carbocycles. The minimum absolute atomic E-state index is 0.220. The number of allylic oxidation sites excluding steroid dienone is 2. The van der Waals surface area contributed by atoms with E-state index in [0.717, 1.165) is 12.0 Å². The summed E-state index contributed by atoms with van der Waals surface area (Å²) in [6.45, 7) is 5.55. The van der Waals surface area contributed by atoms with Crippen molar-refractivity contribution in [2.24, 2.45) is 5.41 Å². The maximum Gasteiger partial charge on any atom is 0.314 e. The zero-order chi connectivity index (χ0) is 20.7. The summed E-state index contributed by atoms with van der Waals surface area (Å²) < 4.78 is 16.4. The van der Waals surface area contributed by atoms with Gasteiger partial charge in [0.25, 0.3) is 5.91 Å². The van der Waals surface area contributed by atoms with E-state index >= 15 is 0 Å². The van der Waals surface area contributed by atoms with E-state index in [4.69, 9.17) is 14.2 Å². The van der Waals surface area contributed by atoms with Crippen LogP contribution in [0.25, 0.3) is 6.08 Å². The van der Waals surface area contributed by atoms with Crippen LogP contribution < -0.4 is 0 Å². The second kappa shape index (κ2) is 9.63. The molecule has 0 N–H and O–H groups in total. The van der Waals surface area contributed by atoms with Gasteiger partial charge < -0.3 is 19.1 Å². The number of esters is 1. The Kier molecular flexibility index (Phi) is 6.96. The van der Waals surface area contributed by atoms with Crippen molar-refractivity contribution < 1.29 is 23.8 Å². The average Bonchev–Trinajstić information content (AvgIpc) is 2.75. The minimum atomic E-state index is -0.751. The number of hydrogen-bond acceptors (Lipinski definition) is 5. The van der Waals surface area contributed by atoms with Crippen molar-refractivity contribution >= 4 is 18.0 Å². The molecule has 0 saturated carbocycles. The summed E-state index contributed by atoms with van der Waals surface area (Å²) in [5.41, 5.74) is 0.322. The largest absolute Gasteiger partial charge is 0.491 e. The molecule has 0 radical (unpaired) electrons. The highest BCUT2D eigenvalue weighted by Crippen LogP contribution is 2.36. The summed E-state index contributed by atoms with van der Waals surface area (Å²) in [4.78, 5) is 27.6. The molecule has 0 spiro atoms. The minimum Gasteiger partial charge on any atom is -0.491 e. The summed E-state index contributed by atoms with van der Waals surface area (Å²) in [6, 6.07) is 9.95. The summed E-state index contributed by atoms with van der Waals surface area (Å²) >= 11 is 0. The molecule has 2 aliphatic heterocycles. The third kappa shape index (κ3) is 5.00. The first-order chi connectivity index (χ1) is 14.1. The first-order valence-corrected chi connectivity index (χ1v) is 10.2. The van der Waals surface area contributed by atoms with E-state index in [9.17, 15) is 9.59 Å². The number of likely N-dealkylation sites (tertiary alicyclic amines) is 1. The highest BCUT2D eigenvalue weighted by molar-refractivity contribution is 5.92. The lowest BCUT2D eigenvalue weighted by Crippen LogP contribution is -2.51. The Balaban J connectivity index is 1.79. The molecule has 1 aromatic rings. The number of rotatable bonds is 6. The monoisotopic (exact) mass is 399 g/mol. The molecule has 2 heterocycles. The molecule has 1 fully saturated rings. The highest BCUT2D eigenvalue weighted by atomic mass is 16.6. The standard InChI is InChI=1S/C23H29NO5/c1-3-27-22(26)23(12-7-11-19-9-5-4-6-10-19)13-8-14-24(17-23)21(25)20-18(2)28-15-16-29-20/h4-7,9-11H,3,8,12-17H2,1-2H3. The van der Waals surface area contributed by atoms with E-state index in [1.807, 2.05) is 42.5 Å². The quantitative estimate of drug-likeness (QED) is 0.685. The Labute approximate surface area is 172 Å². The van der Waals surface area contributed by atoms with Gasteiger partial charge in [0.05, 0.1) is 12.0 Å². The van der Waals surface area contributed by atoms with Crippen LogP contribution in [0.2, 0.25) is 0 Å². The van der Waals surface area contributed by atoms with Crippen molar-refractivity contribution in [2.45, 2.75) is 33.1 Å². The van der Waals surface area contributed by atoms with Crippen molar-refractivity contribution in [1.82, 2.24) is 4.90 Å². The van der Waals surface area contributed by atoms with E-state index in [1.54, 1.807) is 18.7 Å². The molecule has 29 heavy (non-hydrogen) atoms. The van der Waals surface area contributed by atoms with Gasteiger partial charge >= 0.3 is 5.97 Å². The number of ether oxygens (including phenoxy) is 3. The second-order valence-corrected chi connectivity index (χ2v) is 7.43. The van der Waals surface area contributed by atoms with E-state index < -0.39 is 5.41 Å². The Bertz CT molecular complexity index is 786. The van der Waals surface area contributed by atoms with Crippen LogP contribution in [0.5, 0.6) is 0 Å². The predicted molar refractivity (Wildman–Crippen MR) is 110 cm³/mol. The summed E-state index contributed by atoms with van der Waals surface area (Å²) in [7, 11) is 0. The lowest BCUT2D eigenvalue weighted by Gasteiger charge is -2.40. The maximum absolute atomic E-state index is 13.0. The topological polar surface area (TPSA) is 65.1 Å². The van der Waals surface area contributed by atoms with Gasteiger partial charge in [-0.1, -0.05) is 42.5 Å². The molecular weight excluding hydrogens is 370 g/mol. The molecule has 1 amide bonds. The molecule has 6 nitrogen and oxygen atoms in total. The fraction of sp³-hybridized carbons (Fsp3) is 0.478. The smallest absolute Gasteiger partial charge is 0.314 e. The van der Waals surface area contributed by atoms with Crippen molar-refractivity contribution in [2.75, 3.05) is 32.9 Å². The number of hydrogen-bond donors (Lipinski definition) is 0. The van der Waals surface area contributed by atoms with Gasteiger partial charge in [-0.25, -0.2) is 0 Å². The van der Waals surface area contributed by atoms with Gasteiger partial charge in [0.15, 0.2) is 0 Å². The van der Waals surface area contributed by atoms with Crippen LogP contribution in [0, 0.1) is 5.41 Å². The van der Waals surface area contributed by atoms with Crippen LogP contribution in [0.15, 0.2) is 47.9 Å².